The first-order valence-corrected chi connectivity index (χ1v) is 13.3. The summed E-state index contributed by atoms with van der Waals surface area (Å²) in [6.07, 6.45) is 0. The number of benzene rings is 3. The molecule has 0 bridgehead atoms. The molecule has 0 unspecified atom stereocenters. The number of fused-ring (bicyclic) bond motifs is 1. The van der Waals surface area contributed by atoms with Crippen LogP contribution in [0.3, 0.4) is 0 Å². The Morgan fingerprint density at radius 2 is 1.84 bits per heavy atom. The molecule has 1 atom stereocenters. The van der Waals surface area contributed by atoms with E-state index in [0.717, 1.165) is 34.0 Å². The van der Waals surface area contributed by atoms with Gasteiger partial charge in [0.2, 0.25) is 11.1 Å². The van der Waals surface area contributed by atoms with Gasteiger partial charge in [-0.15, -0.1) is 5.10 Å². The molecular weight excluding hydrogens is 498 g/mol. The van der Waals surface area contributed by atoms with Crippen LogP contribution in [0.5, 0.6) is 11.5 Å². The minimum atomic E-state index is -0.468. The number of carbonyl (C=O) groups excluding carboxylic acids is 1. The van der Waals surface area contributed by atoms with Gasteiger partial charge in [-0.2, -0.15) is 4.98 Å². The molecule has 0 aliphatic carbocycles. The summed E-state index contributed by atoms with van der Waals surface area (Å²) >= 11 is 1.53. The quantitative estimate of drug-likeness (QED) is 0.262. The molecule has 4 aromatic rings. The van der Waals surface area contributed by atoms with Crippen LogP contribution < -0.4 is 20.1 Å². The second kappa shape index (κ2) is 11.4. The smallest absolute Gasteiger partial charge is 0.255 e. The Labute approximate surface area is 226 Å². The summed E-state index contributed by atoms with van der Waals surface area (Å²) in [5, 5.41) is 11.8. The number of hydrogen-bond acceptors (Lipinski definition) is 7. The number of ether oxygens (including phenoxy) is 2. The Morgan fingerprint density at radius 3 is 2.58 bits per heavy atom. The van der Waals surface area contributed by atoms with Gasteiger partial charge in [0, 0.05) is 17.1 Å². The van der Waals surface area contributed by atoms with Gasteiger partial charge < -0.3 is 20.1 Å². The predicted octanol–water partition coefficient (Wildman–Crippen LogP) is 5.91. The van der Waals surface area contributed by atoms with Crippen LogP contribution in [0.1, 0.15) is 31.0 Å². The number of rotatable bonds is 9. The van der Waals surface area contributed by atoms with Gasteiger partial charge in [-0.1, -0.05) is 54.2 Å². The molecule has 8 nitrogen and oxygen atoms in total. The van der Waals surface area contributed by atoms with Gasteiger partial charge in [0.25, 0.3) is 5.91 Å². The van der Waals surface area contributed by atoms with Gasteiger partial charge in [0.05, 0.1) is 19.3 Å². The number of para-hydroxylation sites is 1. The molecule has 38 heavy (non-hydrogen) atoms. The van der Waals surface area contributed by atoms with E-state index in [4.69, 9.17) is 19.6 Å². The number of hydrogen-bond donors (Lipinski definition) is 2. The second-order valence-electron chi connectivity index (χ2n) is 8.69. The van der Waals surface area contributed by atoms with Gasteiger partial charge in [0.1, 0.15) is 17.5 Å². The number of nitrogens with one attached hydrogen (secondary N) is 2. The normalized spacial score (nSPS) is 14.4. The lowest BCUT2D eigenvalue weighted by molar-refractivity contribution is -0.113. The van der Waals surface area contributed by atoms with E-state index in [9.17, 15) is 4.79 Å². The van der Waals surface area contributed by atoms with E-state index in [0.29, 0.717) is 29.0 Å². The highest BCUT2D eigenvalue weighted by Crippen LogP contribution is 2.37. The molecule has 1 aliphatic rings. The maximum absolute atomic E-state index is 13.6. The van der Waals surface area contributed by atoms with Crippen molar-refractivity contribution < 1.29 is 14.3 Å². The molecule has 0 radical (unpaired) electrons. The molecule has 2 heterocycles. The molecule has 1 aromatic heterocycles. The van der Waals surface area contributed by atoms with Crippen LogP contribution in [-0.4, -0.2) is 34.4 Å². The Bertz CT molecular complexity index is 1450. The summed E-state index contributed by atoms with van der Waals surface area (Å²) in [6, 6.07) is 24.7. The van der Waals surface area contributed by atoms with E-state index in [2.05, 4.69) is 10.6 Å². The maximum atomic E-state index is 13.6. The minimum Gasteiger partial charge on any atom is -0.497 e. The van der Waals surface area contributed by atoms with Crippen LogP contribution in [0.15, 0.2) is 95.3 Å². The van der Waals surface area contributed by atoms with Crippen molar-refractivity contribution in [2.24, 2.45) is 0 Å². The Balaban J connectivity index is 1.47. The van der Waals surface area contributed by atoms with Crippen molar-refractivity contribution in [3.8, 4) is 11.5 Å². The first kappa shape index (κ1) is 25.4. The molecule has 1 aliphatic heterocycles. The predicted molar refractivity (Wildman–Crippen MR) is 150 cm³/mol. The molecule has 5 rings (SSSR count). The van der Waals surface area contributed by atoms with Crippen molar-refractivity contribution in [1.29, 1.82) is 0 Å². The van der Waals surface area contributed by atoms with E-state index < -0.39 is 6.04 Å². The summed E-state index contributed by atoms with van der Waals surface area (Å²) in [5.41, 5.74) is 4.03. The van der Waals surface area contributed by atoms with Crippen molar-refractivity contribution in [1.82, 2.24) is 14.8 Å². The fourth-order valence-electron chi connectivity index (χ4n) is 4.34. The fraction of sp³-hybridized carbons (Fsp3) is 0.207. The number of allylic oxidation sites excluding steroid dienone is 1. The lowest BCUT2D eigenvalue weighted by Gasteiger charge is -2.28. The Hall–Kier alpha value is -4.24. The fourth-order valence-corrected chi connectivity index (χ4v) is 5.11. The van der Waals surface area contributed by atoms with Crippen molar-refractivity contribution in [2.45, 2.75) is 30.8 Å². The standard InChI is InChI=1S/C29H29N5O3S/c1-4-37-23-15-13-21(14-16-23)26-25(27(35)31-22-10-6-5-7-11-22)19(2)30-28-32-29(33-34(26)28)38-18-20-9-8-12-24(17-20)36-3/h5-17,26H,4,18H2,1-3H3,(H,31,35)(H,30,32,33)/t26-/m0/s1. The average molecular weight is 528 g/mol. The SMILES string of the molecule is CCOc1ccc([C@H]2C(C(=O)Nc3ccccc3)=C(C)Nc3nc(SCc4cccc(OC)c4)nn32)cc1. The molecule has 194 valence electrons. The van der Waals surface area contributed by atoms with Crippen LogP contribution in [0, 0.1) is 0 Å². The Morgan fingerprint density at radius 1 is 1.05 bits per heavy atom. The zero-order valence-corrected chi connectivity index (χ0v) is 22.3. The van der Waals surface area contributed by atoms with Crippen molar-refractivity contribution in [2.75, 3.05) is 24.4 Å². The number of thioether (sulfide) groups is 1. The van der Waals surface area contributed by atoms with E-state index in [1.165, 1.54) is 11.8 Å². The highest BCUT2D eigenvalue weighted by molar-refractivity contribution is 7.98. The van der Waals surface area contributed by atoms with Crippen LogP contribution in [0.4, 0.5) is 11.6 Å². The number of aromatic nitrogens is 3. The minimum absolute atomic E-state index is 0.202. The number of nitrogens with zero attached hydrogens (tertiary/aromatic N) is 3. The third-order valence-electron chi connectivity index (χ3n) is 6.12. The third-order valence-corrected chi connectivity index (χ3v) is 7.03. The van der Waals surface area contributed by atoms with Crippen LogP contribution in [-0.2, 0) is 10.5 Å². The monoisotopic (exact) mass is 527 g/mol. The third kappa shape index (κ3) is 5.52. The van der Waals surface area contributed by atoms with Crippen LogP contribution in [0.25, 0.3) is 0 Å². The first-order valence-electron chi connectivity index (χ1n) is 12.3. The zero-order chi connectivity index (χ0) is 26.5. The lowest BCUT2D eigenvalue weighted by Crippen LogP contribution is -2.31. The Kier molecular flexibility index (Phi) is 7.65. The molecule has 9 heteroatoms. The van der Waals surface area contributed by atoms with Gasteiger partial charge in [0.15, 0.2) is 0 Å². The molecule has 0 spiro atoms. The van der Waals surface area contributed by atoms with E-state index in [1.54, 1.807) is 11.8 Å². The topological polar surface area (TPSA) is 90.3 Å². The average Bonchev–Trinajstić information content (AvgIpc) is 3.35. The van der Waals surface area contributed by atoms with E-state index in [1.807, 2.05) is 92.7 Å². The summed E-state index contributed by atoms with van der Waals surface area (Å²) in [4.78, 5) is 18.3. The van der Waals surface area contributed by atoms with Crippen molar-refractivity contribution in [3.05, 3.63) is 101 Å². The maximum Gasteiger partial charge on any atom is 0.255 e. The number of anilines is 2. The van der Waals surface area contributed by atoms with Crippen LogP contribution >= 0.6 is 11.8 Å². The number of amides is 1. The van der Waals surface area contributed by atoms with Crippen LogP contribution in [0.2, 0.25) is 0 Å². The summed E-state index contributed by atoms with van der Waals surface area (Å²) in [7, 11) is 1.66. The summed E-state index contributed by atoms with van der Waals surface area (Å²) < 4.78 is 12.8. The molecule has 2 N–H and O–H groups in total. The van der Waals surface area contributed by atoms with Gasteiger partial charge in [-0.25, -0.2) is 4.68 Å². The molecule has 0 fully saturated rings. The van der Waals surface area contributed by atoms with Gasteiger partial charge >= 0.3 is 0 Å². The molecule has 3 aromatic carbocycles. The van der Waals surface area contributed by atoms with Crippen molar-refractivity contribution in [3.63, 3.8) is 0 Å². The number of methoxy groups -OCH3 is 1. The summed E-state index contributed by atoms with van der Waals surface area (Å²) in [5.74, 6) is 2.65. The summed E-state index contributed by atoms with van der Waals surface area (Å²) in [6.45, 7) is 4.42. The highest BCUT2D eigenvalue weighted by atomic mass is 32.2. The van der Waals surface area contributed by atoms with Gasteiger partial charge in [-0.05, 0) is 61.4 Å². The van der Waals surface area contributed by atoms with E-state index in [-0.39, 0.29) is 5.91 Å². The van der Waals surface area contributed by atoms with E-state index >= 15 is 0 Å². The molecule has 0 saturated heterocycles. The van der Waals surface area contributed by atoms with Crippen molar-refractivity contribution >= 4 is 29.3 Å². The zero-order valence-electron chi connectivity index (χ0n) is 21.5. The molecular formula is C29H29N5O3S. The highest BCUT2D eigenvalue weighted by Gasteiger charge is 2.34. The largest absolute Gasteiger partial charge is 0.497 e. The lowest BCUT2D eigenvalue weighted by atomic mass is 9.95. The first-order chi connectivity index (χ1) is 18.6. The molecule has 1 amide bonds. The second-order valence-corrected chi connectivity index (χ2v) is 9.63. The molecule has 0 saturated carbocycles. The number of carbonyl (C=O) groups is 1. The van der Waals surface area contributed by atoms with Gasteiger partial charge in [-0.3, -0.25) is 4.79 Å².